The normalized spacial score (nSPS) is 13.3. The van der Waals surface area contributed by atoms with Crippen LogP contribution in [0.3, 0.4) is 0 Å². The number of aromatic amines is 1. The molecule has 0 bridgehead atoms. The van der Waals surface area contributed by atoms with Crippen LogP contribution in [0.4, 0.5) is 0 Å². The van der Waals surface area contributed by atoms with Crippen molar-refractivity contribution >= 4 is 17.3 Å². The molecule has 0 fully saturated rings. The molecule has 5 nitrogen and oxygen atoms in total. The van der Waals surface area contributed by atoms with Crippen molar-refractivity contribution in [3.63, 3.8) is 0 Å². The Hall–Kier alpha value is -2.69. The summed E-state index contributed by atoms with van der Waals surface area (Å²) in [6.45, 7) is 0. The van der Waals surface area contributed by atoms with Crippen molar-refractivity contribution in [3.8, 4) is 0 Å². The zero-order valence-corrected chi connectivity index (χ0v) is 9.40. The van der Waals surface area contributed by atoms with Gasteiger partial charge in [0.05, 0.1) is 16.6 Å². The zero-order valence-electron chi connectivity index (χ0n) is 9.40. The molecule has 0 saturated heterocycles. The van der Waals surface area contributed by atoms with E-state index in [-0.39, 0.29) is 11.7 Å². The van der Waals surface area contributed by atoms with E-state index in [0.29, 0.717) is 22.2 Å². The van der Waals surface area contributed by atoms with Crippen LogP contribution in [-0.4, -0.2) is 16.7 Å². The quantitative estimate of drug-likeness (QED) is 0.493. The van der Waals surface area contributed by atoms with E-state index < -0.39 is 0 Å². The van der Waals surface area contributed by atoms with Gasteiger partial charge in [0.15, 0.2) is 0 Å². The Bertz CT molecular complexity index is 785. The van der Waals surface area contributed by atoms with Gasteiger partial charge in [0.2, 0.25) is 0 Å². The lowest BCUT2D eigenvalue weighted by Crippen LogP contribution is -2.22. The highest BCUT2D eigenvalue weighted by molar-refractivity contribution is 6.20. The van der Waals surface area contributed by atoms with Crippen LogP contribution in [0.1, 0.15) is 11.3 Å². The smallest absolute Gasteiger partial charge is 0.280 e. The number of carbonyl (C=O) groups excluding carboxylic acids is 1. The van der Waals surface area contributed by atoms with Gasteiger partial charge in [0.25, 0.3) is 5.91 Å². The van der Waals surface area contributed by atoms with E-state index in [1.807, 2.05) is 18.2 Å². The van der Waals surface area contributed by atoms with Crippen molar-refractivity contribution in [1.29, 1.82) is 5.41 Å². The molecule has 2 heterocycles. The minimum atomic E-state index is -0.270. The van der Waals surface area contributed by atoms with Crippen LogP contribution in [0.5, 0.6) is 0 Å². The molecule has 1 aromatic heterocycles. The van der Waals surface area contributed by atoms with E-state index in [9.17, 15) is 4.79 Å². The number of nitrogen functional groups attached to an aromatic ring is 1. The summed E-state index contributed by atoms with van der Waals surface area (Å²) in [6, 6.07) is 9.05. The first-order valence-corrected chi connectivity index (χ1v) is 5.42. The molecule has 0 spiro atoms. The summed E-state index contributed by atoms with van der Waals surface area (Å²) in [7, 11) is 0. The van der Waals surface area contributed by atoms with Gasteiger partial charge in [0.1, 0.15) is 5.84 Å². The van der Waals surface area contributed by atoms with Gasteiger partial charge >= 0.3 is 0 Å². The first-order valence-electron chi connectivity index (χ1n) is 5.42. The molecule has 2 aromatic rings. The average molecular weight is 238 g/mol. The zero-order chi connectivity index (χ0) is 12.7. The molecule has 1 aliphatic rings. The number of para-hydroxylation sites is 1. The fourth-order valence-corrected chi connectivity index (χ4v) is 2.02. The molecule has 0 saturated carbocycles. The van der Waals surface area contributed by atoms with Gasteiger partial charge in [-0.1, -0.05) is 18.2 Å². The summed E-state index contributed by atoms with van der Waals surface area (Å²) in [5, 5.41) is 8.84. The molecule has 0 unspecified atom stereocenters. The molecule has 4 N–H and O–H groups in total. The molecule has 18 heavy (non-hydrogen) atoms. The average Bonchev–Trinajstić information content (AvgIpc) is 2.91. The highest BCUT2D eigenvalue weighted by Gasteiger charge is 2.19. The summed E-state index contributed by atoms with van der Waals surface area (Å²) >= 11 is 0. The van der Waals surface area contributed by atoms with E-state index >= 15 is 0 Å². The molecule has 5 heteroatoms. The molecule has 1 amide bonds. The van der Waals surface area contributed by atoms with E-state index in [2.05, 4.69) is 9.98 Å². The second-order valence-electron chi connectivity index (χ2n) is 4.02. The Morgan fingerprint density at radius 2 is 2.11 bits per heavy atom. The summed E-state index contributed by atoms with van der Waals surface area (Å²) in [5.74, 6) is -0.304. The Morgan fingerprint density at radius 1 is 1.33 bits per heavy atom. The number of nitrogens with one attached hydrogen (secondary N) is 2. The molecule has 1 aliphatic heterocycles. The van der Waals surface area contributed by atoms with Crippen molar-refractivity contribution < 1.29 is 4.79 Å². The van der Waals surface area contributed by atoms with Gasteiger partial charge in [-0.3, -0.25) is 10.2 Å². The maximum absolute atomic E-state index is 11.9. The number of H-pyrrole nitrogens is 1. The fourth-order valence-electron chi connectivity index (χ4n) is 2.02. The van der Waals surface area contributed by atoms with Crippen molar-refractivity contribution in [1.82, 2.24) is 4.98 Å². The lowest BCUT2D eigenvalue weighted by Gasteiger charge is -1.95. The monoisotopic (exact) mass is 238 g/mol. The van der Waals surface area contributed by atoms with E-state index in [0.717, 1.165) is 5.22 Å². The molecule has 0 atom stereocenters. The van der Waals surface area contributed by atoms with Crippen LogP contribution in [0.15, 0.2) is 41.5 Å². The van der Waals surface area contributed by atoms with Crippen molar-refractivity contribution in [2.75, 3.05) is 0 Å². The van der Waals surface area contributed by atoms with E-state index in [1.54, 1.807) is 18.3 Å². The first-order chi connectivity index (χ1) is 8.66. The number of amidine groups is 1. The highest BCUT2D eigenvalue weighted by atomic mass is 16.1. The topological polar surface area (TPSA) is 95.1 Å². The molecule has 0 radical (unpaired) electrons. The number of nitrogens with two attached hydrogens (primary N) is 1. The summed E-state index contributed by atoms with van der Waals surface area (Å²) in [4.78, 5) is 18.8. The Morgan fingerprint density at radius 3 is 2.83 bits per heavy atom. The minimum absolute atomic E-state index is 0.0335. The fraction of sp³-hybridized carbons (Fsp3) is 0. The number of hydrogen-bond donors (Lipinski definition) is 3. The summed E-state index contributed by atoms with van der Waals surface area (Å²) in [6.07, 6.45) is 1.61. The van der Waals surface area contributed by atoms with Crippen molar-refractivity contribution in [2.45, 2.75) is 0 Å². The third kappa shape index (κ3) is 1.45. The lowest BCUT2D eigenvalue weighted by molar-refractivity contribution is -0.112. The second kappa shape index (κ2) is 3.66. The number of rotatable bonds is 2. The van der Waals surface area contributed by atoms with Crippen LogP contribution in [0, 0.1) is 5.41 Å². The molecular weight excluding hydrogens is 228 g/mol. The molecule has 88 valence electrons. The first kappa shape index (κ1) is 10.5. The standard InChI is InChI=1S/C13H10N4O/c14-12(15)7-5-10(16-6-7)11-8-3-1-2-4-9(8)17-13(11)18/h1-6,16H,(H3,14,15). The van der Waals surface area contributed by atoms with Crippen molar-refractivity contribution in [3.05, 3.63) is 58.4 Å². The Balaban J connectivity index is 2.26. The number of carbonyl (C=O) groups is 1. The summed E-state index contributed by atoms with van der Waals surface area (Å²) < 4.78 is 0. The number of aromatic nitrogens is 1. The number of benzene rings is 1. The van der Waals surface area contributed by atoms with Crippen LogP contribution in [0.2, 0.25) is 0 Å². The Labute approximate surface area is 102 Å². The van der Waals surface area contributed by atoms with E-state index in [4.69, 9.17) is 11.1 Å². The van der Waals surface area contributed by atoms with Gasteiger partial charge in [-0.15, -0.1) is 0 Å². The van der Waals surface area contributed by atoms with E-state index in [1.165, 1.54) is 0 Å². The third-order valence-corrected chi connectivity index (χ3v) is 2.87. The lowest BCUT2D eigenvalue weighted by atomic mass is 10.1. The predicted molar refractivity (Wildman–Crippen MR) is 66.5 cm³/mol. The molecule has 3 rings (SSSR count). The van der Waals surface area contributed by atoms with Crippen LogP contribution < -0.4 is 16.3 Å². The van der Waals surface area contributed by atoms with Crippen LogP contribution in [-0.2, 0) is 4.79 Å². The predicted octanol–water partition coefficient (Wildman–Crippen LogP) is -0.342. The molecule has 0 aliphatic carbocycles. The maximum Gasteiger partial charge on any atom is 0.280 e. The number of nitrogens with zero attached hydrogens (tertiary/aromatic N) is 1. The van der Waals surface area contributed by atoms with Gasteiger partial charge in [-0.05, 0) is 12.1 Å². The SMILES string of the molecule is N=C(N)c1c[nH]c(C2=c3ccccc3=NC2=O)c1. The van der Waals surface area contributed by atoms with Gasteiger partial charge in [-0.2, -0.15) is 0 Å². The van der Waals surface area contributed by atoms with Crippen molar-refractivity contribution in [2.24, 2.45) is 10.7 Å². The number of hydrogen-bond acceptors (Lipinski definition) is 2. The number of amides is 1. The molecule has 1 aromatic carbocycles. The van der Waals surface area contributed by atoms with Crippen LogP contribution >= 0.6 is 0 Å². The van der Waals surface area contributed by atoms with Gasteiger partial charge < -0.3 is 10.7 Å². The third-order valence-electron chi connectivity index (χ3n) is 2.87. The van der Waals surface area contributed by atoms with Gasteiger partial charge in [0, 0.05) is 17.0 Å². The molecular formula is C13H10N4O. The maximum atomic E-state index is 11.9. The minimum Gasteiger partial charge on any atom is -0.384 e. The number of fused-ring (bicyclic) bond motifs is 1. The summed E-state index contributed by atoms with van der Waals surface area (Å²) in [5.41, 5.74) is 7.13. The largest absolute Gasteiger partial charge is 0.384 e. The van der Waals surface area contributed by atoms with Crippen LogP contribution in [0.25, 0.3) is 5.57 Å². The van der Waals surface area contributed by atoms with Gasteiger partial charge in [-0.25, -0.2) is 4.99 Å². The Kier molecular flexibility index (Phi) is 2.13. The highest BCUT2D eigenvalue weighted by Crippen LogP contribution is 2.14. The second-order valence-corrected chi connectivity index (χ2v) is 4.02.